The lowest BCUT2D eigenvalue weighted by atomic mass is 10.3. The van der Waals surface area contributed by atoms with Gasteiger partial charge in [0.15, 0.2) is 0 Å². The van der Waals surface area contributed by atoms with Crippen LogP contribution in [0.5, 0.6) is 0 Å². The van der Waals surface area contributed by atoms with Gasteiger partial charge in [0.2, 0.25) is 16.7 Å². The highest BCUT2D eigenvalue weighted by Gasteiger charge is 2.02. The summed E-state index contributed by atoms with van der Waals surface area (Å²) in [7, 11) is 1.88. The highest BCUT2D eigenvalue weighted by molar-refractivity contribution is 7.71. The molecule has 0 atom stereocenters. The molecule has 0 saturated carbocycles. The topological polar surface area (TPSA) is 77.7 Å². The quantitative estimate of drug-likeness (QED) is 0.634. The maximum absolute atomic E-state index is 5.06. The Hall–Kier alpha value is -2.15. The fraction of sp³-hybridized carbons (Fsp3) is 0.308. The molecule has 0 amide bonds. The van der Waals surface area contributed by atoms with Crippen molar-refractivity contribution in [3.63, 3.8) is 0 Å². The van der Waals surface area contributed by atoms with Crippen LogP contribution in [0.3, 0.4) is 0 Å². The Morgan fingerprint density at radius 2 is 1.65 bits per heavy atom. The summed E-state index contributed by atoms with van der Waals surface area (Å²) in [5.41, 5.74) is 1.97. The average Bonchev–Trinajstić information content (AvgIpc) is 2.38. The lowest BCUT2D eigenvalue weighted by Gasteiger charge is -2.11. The van der Waals surface area contributed by atoms with E-state index >= 15 is 0 Å². The summed E-state index contributed by atoms with van der Waals surface area (Å²) >= 11 is 5.06. The molecule has 0 fully saturated rings. The van der Waals surface area contributed by atoms with E-state index in [2.05, 4.69) is 30.9 Å². The van der Waals surface area contributed by atoms with Gasteiger partial charge < -0.3 is 16.0 Å². The fourth-order valence-electron chi connectivity index (χ4n) is 1.64. The van der Waals surface area contributed by atoms with Crippen LogP contribution in [-0.2, 0) is 0 Å². The second-order valence-corrected chi connectivity index (χ2v) is 4.94. The third kappa shape index (κ3) is 3.92. The first-order chi connectivity index (χ1) is 9.56. The van der Waals surface area contributed by atoms with Gasteiger partial charge in [0.25, 0.3) is 0 Å². The van der Waals surface area contributed by atoms with Crippen molar-refractivity contribution in [3.8, 4) is 0 Å². The van der Waals surface area contributed by atoms with E-state index in [1.54, 1.807) is 0 Å². The lowest BCUT2D eigenvalue weighted by molar-refractivity contribution is 0.865. The maximum atomic E-state index is 5.06. The van der Waals surface area contributed by atoms with Crippen LogP contribution >= 0.6 is 12.2 Å². The normalized spacial score (nSPS) is 10.4. The maximum Gasteiger partial charge on any atom is 0.225 e. The van der Waals surface area contributed by atoms with Gasteiger partial charge in [-0.1, -0.05) is 0 Å². The highest BCUT2D eigenvalue weighted by atomic mass is 32.1. The predicted octanol–water partition coefficient (Wildman–Crippen LogP) is 3.14. The number of rotatable bonds is 5. The van der Waals surface area contributed by atoms with E-state index in [0.29, 0.717) is 16.7 Å². The van der Waals surface area contributed by atoms with E-state index in [-0.39, 0.29) is 6.04 Å². The Bertz CT molecular complexity index is 620. The molecule has 6 nitrogen and oxygen atoms in total. The van der Waals surface area contributed by atoms with Crippen LogP contribution in [0.2, 0.25) is 0 Å². The molecular formula is C13H18N6S. The van der Waals surface area contributed by atoms with Gasteiger partial charge in [0.1, 0.15) is 0 Å². The monoisotopic (exact) mass is 290 g/mol. The van der Waals surface area contributed by atoms with Crippen LogP contribution in [0, 0.1) is 4.77 Å². The van der Waals surface area contributed by atoms with Gasteiger partial charge in [-0.25, -0.2) is 0 Å². The molecule has 1 aromatic heterocycles. The second kappa shape index (κ2) is 6.33. The summed E-state index contributed by atoms with van der Waals surface area (Å²) in [6, 6.07) is 8.13. The van der Waals surface area contributed by atoms with Crippen LogP contribution in [0.15, 0.2) is 24.3 Å². The smallest absolute Gasteiger partial charge is 0.225 e. The van der Waals surface area contributed by atoms with Gasteiger partial charge in [0, 0.05) is 24.5 Å². The van der Waals surface area contributed by atoms with E-state index in [9.17, 15) is 0 Å². The van der Waals surface area contributed by atoms with Crippen molar-refractivity contribution < 1.29 is 0 Å². The van der Waals surface area contributed by atoms with E-state index in [0.717, 1.165) is 11.4 Å². The van der Waals surface area contributed by atoms with Gasteiger partial charge >= 0.3 is 0 Å². The van der Waals surface area contributed by atoms with Crippen LogP contribution in [0.4, 0.5) is 23.3 Å². The lowest BCUT2D eigenvalue weighted by Crippen LogP contribution is -2.14. The predicted molar refractivity (Wildman–Crippen MR) is 85.2 cm³/mol. The molecule has 0 bridgehead atoms. The van der Waals surface area contributed by atoms with Crippen molar-refractivity contribution in [2.24, 2.45) is 0 Å². The highest BCUT2D eigenvalue weighted by Crippen LogP contribution is 2.16. The molecule has 0 aliphatic heterocycles. The summed E-state index contributed by atoms with van der Waals surface area (Å²) in [4.78, 5) is 11.4. The number of anilines is 4. The van der Waals surface area contributed by atoms with Crippen LogP contribution in [0.1, 0.15) is 13.8 Å². The first-order valence-electron chi connectivity index (χ1n) is 6.36. The number of aromatic nitrogens is 3. The molecule has 2 aromatic rings. The Labute approximate surface area is 123 Å². The molecule has 0 spiro atoms. The molecule has 106 valence electrons. The first-order valence-corrected chi connectivity index (χ1v) is 6.77. The van der Waals surface area contributed by atoms with Crippen molar-refractivity contribution in [2.45, 2.75) is 19.9 Å². The summed E-state index contributed by atoms with van der Waals surface area (Å²) < 4.78 is 0.293. The zero-order valence-electron chi connectivity index (χ0n) is 11.7. The molecule has 20 heavy (non-hydrogen) atoms. The van der Waals surface area contributed by atoms with Crippen LogP contribution < -0.4 is 16.0 Å². The van der Waals surface area contributed by atoms with Gasteiger partial charge in [-0.15, -0.1) is 0 Å². The molecule has 4 N–H and O–H groups in total. The van der Waals surface area contributed by atoms with Gasteiger partial charge in [0.05, 0.1) is 0 Å². The fourth-order valence-corrected chi connectivity index (χ4v) is 1.82. The number of hydrogen-bond acceptors (Lipinski definition) is 6. The summed E-state index contributed by atoms with van der Waals surface area (Å²) in [6.07, 6.45) is 0. The number of hydrogen-bond donors (Lipinski definition) is 4. The minimum Gasteiger partial charge on any atom is -0.388 e. The SMILES string of the molecule is CNc1ccc(Nc2nc(=S)nc(NC(C)C)[nH]2)cc1. The standard InChI is InChI=1S/C13H18N6S/c1-8(2)15-11-17-12(19-13(20)18-11)16-10-6-4-9(14-3)5-7-10/h4-8,14H,1-3H3,(H3,15,16,17,18,19,20). The Kier molecular flexibility index (Phi) is 4.52. The molecular weight excluding hydrogens is 272 g/mol. The van der Waals surface area contributed by atoms with Crippen molar-refractivity contribution in [3.05, 3.63) is 29.0 Å². The molecule has 0 unspecified atom stereocenters. The zero-order valence-corrected chi connectivity index (χ0v) is 12.5. The summed E-state index contributed by atoms with van der Waals surface area (Å²) in [6.45, 7) is 4.06. The Morgan fingerprint density at radius 3 is 2.25 bits per heavy atom. The first kappa shape index (κ1) is 14.3. The van der Waals surface area contributed by atoms with E-state index in [1.165, 1.54) is 0 Å². The van der Waals surface area contributed by atoms with Gasteiger partial charge in [-0.3, -0.25) is 4.98 Å². The van der Waals surface area contributed by atoms with Crippen molar-refractivity contribution in [1.82, 2.24) is 15.0 Å². The molecule has 1 heterocycles. The average molecular weight is 290 g/mol. The molecule has 0 saturated heterocycles. The number of nitrogens with zero attached hydrogens (tertiary/aromatic N) is 2. The molecule has 0 aliphatic rings. The van der Waals surface area contributed by atoms with E-state index in [4.69, 9.17) is 12.2 Å². The summed E-state index contributed by atoms with van der Waals surface area (Å²) in [5.74, 6) is 1.17. The molecule has 7 heteroatoms. The molecule has 0 radical (unpaired) electrons. The van der Waals surface area contributed by atoms with Crippen LogP contribution in [-0.4, -0.2) is 28.0 Å². The number of aromatic amines is 1. The third-order valence-corrected chi connectivity index (χ3v) is 2.70. The zero-order chi connectivity index (χ0) is 14.5. The molecule has 2 rings (SSSR count). The van der Waals surface area contributed by atoms with Crippen molar-refractivity contribution in [1.29, 1.82) is 0 Å². The number of H-pyrrole nitrogens is 1. The van der Waals surface area contributed by atoms with E-state index in [1.807, 2.05) is 45.2 Å². The van der Waals surface area contributed by atoms with Gasteiger partial charge in [-0.05, 0) is 50.3 Å². The largest absolute Gasteiger partial charge is 0.388 e. The van der Waals surface area contributed by atoms with Crippen molar-refractivity contribution >= 4 is 35.5 Å². The minimum absolute atomic E-state index is 0.262. The van der Waals surface area contributed by atoms with Crippen molar-refractivity contribution in [2.75, 3.05) is 23.0 Å². The Balaban J connectivity index is 2.19. The second-order valence-electron chi connectivity index (χ2n) is 4.58. The van der Waals surface area contributed by atoms with Gasteiger partial charge in [-0.2, -0.15) is 9.97 Å². The van der Waals surface area contributed by atoms with Crippen LogP contribution in [0.25, 0.3) is 0 Å². The summed E-state index contributed by atoms with van der Waals surface area (Å²) in [5, 5.41) is 9.41. The number of benzene rings is 1. The molecule has 1 aromatic carbocycles. The Morgan fingerprint density at radius 1 is 1.05 bits per heavy atom. The molecule has 0 aliphatic carbocycles. The number of nitrogens with one attached hydrogen (secondary N) is 4. The van der Waals surface area contributed by atoms with E-state index < -0.39 is 0 Å². The third-order valence-electron chi connectivity index (χ3n) is 2.51. The minimum atomic E-state index is 0.262.